The summed E-state index contributed by atoms with van der Waals surface area (Å²) in [6.45, 7) is 1.54. The number of dihydropyridines is 1. The molecule has 9 N–H and O–H groups in total. The number of esters is 1. The van der Waals surface area contributed by atoms with Gasteiger partial charge in [-0.3, -0.25) is 4.79 Å². The van der Waals surface area contributed by atoms with Crippen LogP contribution in [-0.4, -0.2) is 102 Å². The van der Waals surface area contributed by atoms with Crippen molar-refractivity contribution in [1.82, 2.24) is 16.0 Å². The fourth-order valence-electron chi connectivity index (χ4n) is 21.0. The number of rotatable bonds is 9. The van der Waals surface area contributed by atoms with Gasteiger partial charge in [-0.05, 0) is 145 Å². The highest BCUT2D eigenvalue weighted by atomic mass is 33.1. The molecule has 3 saturated carbocycles. The Morgan fingerprint density at radius 1 is 0.889 bits per heavy atom. The standard InChI is InChI=1S/C83H90N4O10S2/c1-47(90)94-43-65-59-20-21-61-71-53(36-58(91)37-68(71)95-46-89)38-82-31-30-81(45-82)29-27-55-14-6-7-28-83(55)56-15-8-12-49(33-56)32-52-18-17-51(19-24-66-60(80(81)83)23-26-70(84)87-66)72-63(40-85-39-54(41-88)64(52)42-93-2)75(92)78-62(73(72)76(65)96-77(59)74(61)82)22-25-67-79(97-78)69(35-48-10-4-3-5-11-48)99-98-44-50-13-9-16-57(34-50)86-67/h3-5,8,10-12,15,20-23,25-27,29,33,36-37,50-52,54-55,57,64-65,67,69-70,76,79-80,85-89,91-92H,6-7,9,13-14,16,28,30-32,34-35,38-46,84H2,1-2H3/t50-,51+,52-,54+,55-,57+,64-,65+,67+,69+,70?,76+,79-,80+,81+,82+,83-/m1/s1. The first-order valence-corrected chi connectivity index (χ1v) is 38.7. The maximum absolute atomic E-state index is 14.1. The van der Waals surface area contributed by atoms with E-state index in [1.807, 2.05) is 27.7 Å². The summed E-state index contributed by atoms with van der Waals surface area (Å²) in [7, 11) is 5.57. The zero-order chi connectivity index (χ0) is 67.3. The van der Waals surface area contributed by atoms with Crippen LogP contribution in [0.5, 0.6) is 28.7 Å². The summed E-state index contributed by atoms with van der Waals surface area (Å²) in [6.07, 6.45) is 24.8. The molecule has 17 atom stereocenters. The smallest absolute Gasteiger partial charge is 0.302 e. The van der Waals surface area contributed by atoms with E-state index in [9.17, 15) is 25.2 Å². The number of benzene rings is 5. The van der Waals surface area contributed by atoms with Gasteiger partial charge in [-0.15, -0.1) is 0 Å². The lowest BCUT2D eigenvalue weighted by Crippen LogP contribution is -2.55. The first kappa shape index (κ1) is 65.2. The van der Waals surface area contributed by atoms with Crippen molar-refractivity contribution in [3.63, 3.8) is 0 Å². The predicted molar refractivity (Wildman–Crippen MR) is 387 cm³/mol. The van der Waals surface area contributed by atoms with E-state index >= 15 is 0 Å². The number of hydrogen-bond donors (Lipinski definition) is 8. The van der Waals surface area contributed by atoms with Crippen LogP contribution in [0.3, 0.4) is 0 Å². The number of nitrogens with two attached hydrogens (primary N) is 1. The van der Waals surface area contributed by atoms with Crippen LogP contribution < -0.4 is 35.9 Å². The molecule has 99 heavy (non-hydrogen) atoms. The minimum absolute atomic E-state index is 0.0196. The highest BCUT2D eigenvalue weighted by Crippen LogP contribution is 2.72. The molecule has 0 aromatic heterocycles. The van der Waals surface area contributed by atoms with Gasteiger partial charge >= 0.3 is 5.97 Å². The highest BCUT2D eigenvalue weighted by Gasteiger charge is 2.64. The zero-order valence-electron chi connectivity index (χ0n) is 56.5. The third kappa shape index (κ3) is 11.2. The molecule has 6 aliphatic carbocycles. The SMILES string of the molecule is COC[C@H]1[C@H](CO)CNCc2c(O)c3c(c4c2[C@@H]2C#CC5=C(C=CC(N)N5)[C@H]5[C@@]6(C=C[C@H]7CCCC[C@]75c5cccc(c5)C[C@H]1C#C2)CC[C@]1(Cc2cc(O)cc(OCO)c2-c2ccc5c(c21)O[C@H]4[C@H]5COC(C)=O)C6)C=C[C@@H]1N[C@H]2CCC[C@@H](CSS[C@@H](Cc4ccccc4)[C@@H]1O3)C2. The van der Waals surface area contributed by atoms with Crippen molar-refractivity contribution >= 4 is 33.6 Å². The topological polar surface area (TPSA) is 206 Å². The van der Waals surface area contributed by atoms with Gasteiger partial charge in [0.2, 0.25) is 0 Å². The Kier molecular flexibility index (Phi) is 17.4. The van der Waals surface area contributed by atoms with Crippen molar-refractivity contribution in [2.45, 2.75) is 162 Å². The maximum atomic E-state index is 14.1. The molecular formula is C83H90N4O10S2. The van der Waals surface area contributed by atoms with Gasteiger partial charge in [-0.1, -0.05) is 156 Å². The van der Waals surface area contributed by atoms with Gasteiger partial charge in [0, 0.05) is 119 Å². The second kappa shape index (κ2) is 26.4. The van der Waals surface area contributed by atoms with E-state index < -0.39 is 59.2 Å². The molecule has 11 bridgehead atoms. The molecule has 1 saturated heterocycles. The lowest BCUT2D eigenvalue weighted by atomic mass is 9.44. The average molecular weight is 1370 g/mol. The van der Waals surface area contributed by atoms with Gasteiger partial charge in [0.05, 0.1) is 35.7 Å². The Morgan fingerprint density at radius 2 is 1.79 bits per heavy atom. The second-order valence-electron chi connectivity index (χ2n) is 30.6. The first-order valence-electron chi connectivity index (χ1n) is 36.3. The Bertz CT molecular complexity index is 4300. The number of allylic oxidation sites excluding steroid dienone is 5. The van der Waals surface area contributed by atoms with E-state index in [-0.39, 0.29) is 78.2 Å². The fraction of sp³-hybridized carbons (Fsp3) is 0.482. The van der Waals surface area contributed by atoms with Crippen molar-refractivity contribution in [2.24, 2.45) is 46.7 Å². The van der Waals surface area contributed by atoms with Crippen molar-refractivity contribution in [1.29, 1.82) is 0 Å². The van der Waals surface area contributed by atoms with Crippen LogP contribution in [0, 0.1) is 64.6 Å². The molecule has 0 amide bonds. The van der Waals surface area contributed by atoms with Crippen LogP contribution in [0.15, 0.2) is 121 Å². The summed E-state index contributed by atoms with van der Waals surface area (Å²) >= 11 is 0. The second-order valence-corrected chi connectivity index (χ2v) is 33.2. The van der Waals surface area contributed by atoms with Gasteiger partial charge in [-0.2, -0.15) is 0 Å². The lowest BCUT2D eigenvalue weighted by molar-refractivity contribution is -0.141. The molecule has 16 heteroatoms. The molecule has 5 aromatic carbocycles. The number of nitrogens with one attached hydrogen (secondary N) is 3. The van der Waals surface area contributed by atoms with E-state index in [0.717, 1.165) is 115 Å². The highest BCUT2D eigenvalue weighted by molar-refractivity contribution is 8.77. The summed E-state index contributed by atoms with van der Waals surface area (Å²) in [6, 6.07) is 27.9. The Morgan fingerprint density at radius 3 is 2.65 bits per heavy atom. The maximum Gasteiger partial charge on any atom is 0.302 e. The van der Waals surface area contributed by atoms with E-state index in [2.05, 4.69) is 143 Å². The third-order valence-electron chi connectivity index (χ3n) is 25.0. The number of phenols is 2. The molecule has 514 valence electrons. The summed E-state index contributed by atoms with van der Waals surface area (Å²) < 4.78 is 34.9. The molecule has 12 aliphatic rings. The number of phenolic OH excluding ortho intramolecular Hbond substituents is 2. The number of hydrogen-bond acceptors (Lipinski definition) is 16. The van der Waals surface area contributed by atoms with Gasteiger partial charge in [0.25, 0.3) is 0 Å². The third-order valence-corrected chi connectivity index (χ3v) is 28.0. The molecule has 3 spiro atoms. The van der Waals surface area contributed by atoms with Gasteiger partial charge in [0.1, 0.15) is 42.0 Å². The monoisotopic (exact) mass is 1370 g/mol. The zero-order valence-corrected chi connectivity index (χ0v) is 58.2. The van der Waals surface area contributed by atoms with Crippen LogP contribution in [0.4, 0.5) is 0 Å². The quantitative estimate of drug-likeness (QED) is 0.0227. The van der Waals surface area contributed by atoms with Gasteiger partial charge in [-0.25, -0.2) is 0 Å². The van der Waals surface area contributed by atoms with E-state index in [1.54, 1.807) is 13.2 Å². The van der Waals surface area contributed by atoms with Crippen LogP contribution in [-0.2, 0) is 50.9 Å². The van der Waals surface area contributed by atoms with Crippen molar-refractivity contribution in [2.75, 3.05) is 46.0 Å². The normalized spacial score (nSPS) is 33.9. The number of aliphatic hydroxyl groups excluding tert-OH is 2. The van der Waals surface area contributed by atoms with Crippen LogP contribution in [0.2, 0.25) is 0 Å². The van der Waals surface area contributed by atoms with E-state index in [1.165, 1.54) is 30.0 Å². The average Bonchev–Trinajstić information content (AvgIpc) is 1.40. The number of fused-ring (bicyclic) bond motifs is 12. The van der Waals surface area contributed by atoms with Crippen LogP contribution >= 0.6 is 21.6 Å². The summed E-state index contributed by atoms with van der Waals surface area (Å²) in [5, 5.41) is 60.1. The fourth-order valence-corrected chi connectivity index (χ4v) is 24.2. The minimum Gasteiger partial charge on any atom is -0.508 e. The Balaban J connectivity index is 1.01. The summed E-state index contributed by atoms with van der Waals surface area (Å²) in [5.74, 6) is 16.1. The predicted octanol–water partition coefficient (Wildman–Crippen LogP) is 12.4. The molecule has 6 aliphatic heterocycles. The van der Waals surface area contributed by atoms with E-state index in [0.29, 0.717) is 72.3 Å². The van der Waals surface area contributed by atoms with Crippen molar-refractivity contribution in [3.8, 4) is 63.6 Å². The number of aromatic hydroxyl groups is 2. The largest absolute Gasteiger partial charge is 0.508 e. The number of carbonyl (C=O) groups is 1. The number of ether oxygens (including phenoxy) is 5. The number of methoxy groups -OCH3 is 1. The first-order chi connectivity index (χ1) is 48.4. The molecule has 1 unspecified atom stereocenters. The van der Waals surface area contributed by atoms with Gasteiger partial charge < -0.3 is 65.8 Å². The lowest BCUT2D eigenvalue weighted by Gasteiger charge is -2.59. The van der Waals surface area contributed by atoms with E-state index in [4.69, 9.17) is 29.4 Å². The molecular weight excluding hydrogens is 1280 g/mol. The number of aliphatic hydroxyl groups is 2. The van der Waals surface area contributed by atoms with Crippen molar-refractivity contribution < 1.29 is 48.9 Å². The van der Waals surface area contributed by atoms with Crippen LogP contribution in [0.25, 0.3) is 17.2 Å². The molecule has 5 aromatic rings. The molecule has 17 rings (SSSR count). The Labute approximate surface area is 589 Å². The number of carbonyl (C=O) groups excluding carboxylic acids is 1. The Hall–Kier alpha value is -7.09. The van der Waals surface area contributed by atoms with Crippen LogP contribution in [0.1, 0.15) is 151 Å². The minimum atomic E-state index is -0.915. The summed E-state index contributed by atoms with van der Waals surface area (Å²) in [5.41, 5.74) is 18.3. The van der Waals surface area contributed by atoms with Crippen molar-refractivity contribution in [3.05, 3.63) is 176 Å². The summed E-state index contributed by atoms with van der Waals surface area (Å²) in [4.78, 5) is 13.7. The molecule has 14 nitrogen and oxygen atoms in total. The molecule has 4 fully saturated rings. The van der Waals surface area contributed by atoms with Gasteiger partial charge in [0.15, 0.2) is 18.3 Å². The molecule has 6 heterocycles. The molecule has 0 radical (unpaired) electrons.